The van der Waals surface area contributed by atoms with Crippen molar-refractivity contribution in [2.24, 2.45) is 0 Å². The molecule has 1 aliphatic heterocycles. The van der Waals surface area contributed by atoms with Crippen molar-refractivity contribution in [3.05, 3.63) is 99.3 Å². The molecule has 0 spiro atoms. The van der Waals surface area contributed by atoms with Gasteiger partial charge in [0.2, 0.25) is 5.78 Å². The first-order chi connectivity index (χ1) is 17.0. The zero-order chi connectivity index (χ0) is 24.3. The first-order valence-electron chi connectivity index (χ1n) is 11.0. The fourth-order valence-corrected chi connectivity index (χ4v) is 5.50. The number of aryl methyl sites for hydroxylation is 2. The lowest BCUT2D eigenvalue weighted by molar-refractivity contribution is 0.0684. The molecule has 8 nitrogen and oxygen atoms in total. The van der Waals surface area contributed by atoms with E-state index in [9.17, 15) is 14.4 Å². The Morgan fingerprint density at radius 1 is 0.771 bits per heavy atom. The van der Waals surface area contributed by atoms with Gasteiger partial charge < -0.3 is 0 Å². The molecule has 9 heteroatoms. The zero-order valence-corrected chi connectivity index (χ0v) is 19.7. The standard InChI is InChI=1S/C26H19N5O3S/c1-15-8-7-9-16(2)21(15)31-24(34)19-12-5-6-13-20(19)30-25(31)27-28-26(30)35-14-29-22(32)17-10-3-4-11-18(17)23(29)33/h3-13H,14H2,1-2H3. The Hall–Kier alpha value is -4.24. The van der Waals surface area contributed by atoms with E-state index < -0.39 is 0 Å². The second-order valence-electron chi connectivity index (χ2n) is 8.37. The number of thioether (sulfide) groups is 1. The summed E-state index contributed by atoms with van der Waals surface area (Å²) in [5.41, 5.74) is 3.91. The molecular formula is C26H19N5O3S. The summed E-state index contributed by atoms with van der Waals surface area (Å²) in [4.78, 5) is 40.4. The van der Waals surface area contributed by atoms with Crippen LogP contribution >= 0.6 is 11.8 Å². The van der Waals surface area contributed by atoms with Crippen molar-refractivity contribution < 1.29 is 9.59 Å². The van der Waals surface area contributed by atoms with Gasteiger partial charge in [0, 0.05) is 0 Å². The molecule has 3 heterocycles. The number of aromatic nitrogens is 4. The van der Waals surface area contributed by atoms with Crippen LogP contribution in [0, 0.1) is 13.8 Å². The Bertz CT molecular complexity index is 1700. The molecule has 2 aromatic heterocycles. The lowest BCUT2D eigenvalue weighted by Gasteiger charge is -2.16. The number of amides is 2. The van der Waals surface area contributed by atoms with Gasteiger partial charge in [0.05, 0.1) is 33.6 Å². The molecule has 0 bridgehead atoms. The van der Waals surface area contributed by atoms with Crippen molar-refractivity contribution in [1.29, 1.82) is 0 Å². The first-order valence-corrected chi connectivity index (χ1v) is 12.0. The number of hydrogen-bond acceptors (Lipinski definition) is 6. The van der Waals surface area contributed by atoms with E-state index in [0.29, 0.717) is 33.0 Å². The predicted molar refractivity (Wildman–Crippen MR) is 133 cm³/mol. The van der Waals surface area contributed by atoms with Crippen LogP contribution in [0.5, 0.6) is 0 Å². The van der Waals surface area contributed by atoms with Crippen LogP contribution in [0.4, 0.5) is 0 Å². The van der Waals surface area contributed by atoms with E-state index in [1.54, 1.807) is 34.9 Å². The molecule has 5 aromatic rings. The zero-order valence-electron chi connectivity index (χ0n) is 18.9. The Morgan fingerprint density at radius 2 is 1.40 bits per heavy atom. The van der Waals surface area contributed by atoms with Gasteiger partial charge in [-0.05, 0) is 49.2 Å². The van der Waals surface area contributed by atoms with E-state index in [1.165, 1.54) is 16.7 Å². The average Bonchev–Trinajstić information content (AvgIpc) is 3.39. The maximum Gasteiger partial charge on any atom is 0.267 e. The van der Waals surface area contributed by atoms with Crippen LogP contribution in [0.15, 0.2) is 76.7 Å². The fraction of sp³-hybridized carbons (Fsp3) is 0.115. The second-order valence-corrected chi connectivity index (χ2v) is 9.29. The van der Waals surface area contributed by atoms with Crippen molar-refractivity contribution >= 4 is 40.3 Å². The van der Waals surface area contributed by atoms with E-state index in [-0.39, 0.29) is 23.3 Å². The van der Waals surface area contributed by atoms with E-state index in [0.717, 1.165) is 16.8 Å². The van der Waals surface area contributed by atoms with Crippen LogP contribution in [0.1, 0.15) is 31.8 Å². The van der Waals surface area contributed by atoms with Crippen LogP contribution in [0.2, 0.25) is 0 Å². The van der Waals surface area contributed by atoms with E-state index in [1.807, 2.05) is 54.6 Å². The third-order valence-electron chi connectivity index (χ3n) is 6.26. The molecule has 0 saturated heterocycles. The lowest BCUT2D eigenvalue weighted by Crippen LogP contribution is -2.29. The van der Waals surface area contributed by atoms with Gasteiger partial charge in [-0.15, -0.1) is 10.2 Å². The van der Waals surface area contributed by atoms with Crippen LogP contribution in [0.3, 0.4) is 0 Å². The van der Waals surface area contributed by atoms with Crippen LogP contribution in [-0.4, -0.2) is 41.8 Å². The quantitative estimate of drug-likeness (QED) is 0.285. The summed E-state index contributed by atoms with van der Waals surface area (Å²) in [5, 5.41) is 9.73. The third-order valence-corrected chi connectivity index (χ3v) is 7.17. The van der Waals surface area contributed by atoms with Crippen LogP contribution in [0.25, 0.3) is 22.4 Å². The summed E-state index contributed by atoms with van der Waals surface area (Å²) in [6, 6.07) is 19.9. The summed E-state index contributed by atoms with van der Waals surface area (Å²) >= 11 is 1.22. The molecule has 172 valence electrons. The van der Waals surface area contributed by atoms with Crippen molar-refractivity contribution in [3.8, 4) is 5.69 Å². The molecular weight excluding hydrogens is 462 g/mol. The number of carbonyl (C=O) groups is 2. The minimum Gasteiger partial charge on any atom is -0.269 e. The Kier molecular flexibility index (Phi) is 4.82. The maximum atomic E-state index is 13.6. The second kappa shape index (κ2) is 7.92. The molecule has 0 aliphatic carbocycles. The molecule has 3 aromatic carbocycles. The number of rotatable bonds is 4. The number of hydrogen-bond donors (Lipinski definition) is 0. The molecule has 1 aliphatic rings. The summed E-state index contributed by atoms with van der Waals surface area (Å²) in [6.45, 7) is 3.91. The monoisotopic (exact) mass is 481 g/mol. The Balaban J connectivity index is 1.50. The third kappa shape index (κ3) is 3.12. The highest BCUT2D eigenvalue weighted by molar-refractivity contribution is 7.99. The summed E-state index contributed by atoms with van der Waals surface area (Å²) < 4.78 is 3.40. The van der Waals surface area contributed by atoms with Gasteiger partial charge >= 0.3 is 0 Å². The number of imide groups is 1. The van der Waals surface area contributed by atoms with Crippen LogP contribution in [-0.2, 0) is 0 Å². The van der Waals surface area contributed by atoms with Gasteiger partial charge in [-0.3, -0.25) is 23.7 Å². The molecule has 0 radical (unpaired) electrons. The highest BCUT2D eigenvalue weighted by Crippen LogP contribution is 2.29. The van der Waals surface area contributed by atoms with Gasteiger partial charge in [0.15, 0.2) is 5.16 Å². The normalized spacial score (nSPS) is 13.3. The number of carbonyl (C=O) groups excluding carboxylic acids is 2. The number of fused-ring (bicyclic) bond motifs is 4. The van der Waals surface area contributed by atoms with E-state index in [4.69, 9.17) is 0 Å². The molecule has 0 N–H and O–H groups in total. The molecule has 0 atom stereocenters. The lowest BCUT2D eigenvalue weighted by atomic mass is 10.1. The first kappa shape index (κ1) is 21.3. The van der Waals surface area contributed by atoms with Gasteiger partial charge in [-0.25, -0.2) is 4.57 Å². The predicted octanol–water partition coefficient (Wildman–Crippen LogP) is 4.00. The number of nitrogens with zero attached hydrogens (tertiary/aromatic N) is 5. The summed E-state index contributed by atoms with van der Waals surface area (Å²) in [7, 11) is 0. The average molecular weight is 482 g/mol. The Labute approximate surface area is 203 Å². The minimum atomic E-state index is -0.329. The van der Waals surface area contributed by atoms with Gasteiger partial charge in [0.1, 0.15) is 0 Å². The highest BCUT2D eigenvalue weighted by Gasteiger charge is 2.35. The van der Waals surface area contributed by atoms with Crippen molar-refractivity contribution in [1.82, 2.24) is 24.1 Å². The highest BCUT2D eigenvalue weighted by atomic mass is 32.2. The topological polar surface area (TPSA) is 89.6 Å². The maximum absolute atomic E-state index is 13.6. The van der Waals surface area contributed by atoms with Crippen molar-refractivity contribution in [2.75, 3.05) is 5.88 Å². The van der Waals surface area contributed by atoms with Crippen molar-refractivity contribution in [2.45, 2.75) is 19.0 Å². The SMILES string of the molecule is Cc1cccc(C)c1-n1c(=O)c2ccccc2n2c(SCN3C(=O)c4ccccc4C3=O)nnc12. The molecule has 0 unspecified atom stereocenters. The van der Waals surface area contributed by atoms with Crippen molar-refractivity contribution in [3.63, 3.8) is 0 Å². The molecule has 2 amide bonds. The minimum absolute atomic E-state index is 0.0734. The van der Waals surface area contributed by atoms with Gasteiger partial charge in [-0.1, -0.05) is 54.2 Å². The Morgan fingerprint density at radius 3 is 2.09 bits per heavy atom. The van der Waals surface area contributed by atoms with E-state index in [2.05, 4.69) is 10.2 Å². The van der Waals surface area contributed by atoms with Crippen LogP contribution < -0.4 is 5.56 Å². The fourth-order valence-electron chi connectivity index (χ4n) is 4.61. The summed E-state index contributed by atoms with van der Waals surface area (Å²) in [6.07, 6.45) is 0. The summed E-state index contributed by atoms with van der Waals surface area (Å²) in [5.74, 6) is -0.214. The molecule has 6 rings (SSSR count). The molecule has 0 saturated carbocycles. The van der Waals surface area contributed by atoms with Gasteiger partial charge in [0.25, 0.3) is 17.4 Å². The van der Waals surface area contributed by atoms with Gasteiger partial charge in [-0.2, -0.15) is 0 Å². The molecule has 0 fully saturated rings. The number of benzene rings is 3. The van der Waals surface area contributed by atoms with E-state index >= 15 is 0 Å². The number of para-hydroxylation sites is 2. The molecule has 35 heavy (non-hydrogen) atoms. The smallest absolute Gasteiger partial charge is 0.267 e. The largest absolute Gasteiger partial charge is 0.269 e.